The number of nitrogens with zero attached hydrogens (tertiary/aromatic N) is 3. The highest BCUT2D eigenvalue weighted by Gasteiger charge is 2.55. The molecule has 8 heteroatoms. The van der Waals surface area contributed by atoms with Crippen LogP contribution in [0.15, 0.2) is 35.9 Å². The number of amides is 4. The van der Waals surface area contributed by atoms with Crippen LogP contribution in [0.3, 0.4) is 0 Å². The van der Waals surface area contributed by atoms with E-state index in [9.17, 15) is 18.8 Å². The van der Waals surface area contributed by atoms with Gasteiger partial charge >= 0.3 is 6.03 Å². The highest BCUT2D eigenvalue weighted by molar-refractivity contribution is 6.07. The molecule has 0 spiro atoms. The summed E-state index contributed by atoms with van der Waals surface area (Å²) in [5.74, 6) is -0.622. The van der Waals surface area contributed by atoms with E-state index in [0.717, 1.165) is 37.8 Å². The number of rotatable bonds is 8. The first-order valence-electron chi connectivity index (χ1n) is 12.8. The molecule has 1 aromatic rings. The second-order valence-electron chi connectivity index (χ2n) is 10.4. The first kappa shape index (κ1) is 25.4. The molecule has 1 aliphatic carbocycles. The van der Waals surface area contributed by atoms with Gasteiger partial charge in [-0.2, -0.15) is 0 Å². The van der Waals surface area contributed by atoms with Crippen LogP contribution in [0.25, 0.3) is 0 Å². The molecular formula is C27H37FN4O3. The first-order valence-corrected chi connectivity index (χ1v) is 12.8. The van der Waals surface area contributed by atoms with Gasteiger partial charge in [0, 0.05) is 31.6 Å². The van der Waals surface area contributed by atoms with Gasteiger partial charge < -0.3 is 15.1 Å². The summed E-state index contributed by atoms with van der Waals surface area (Å²) in [5.41, 5.74) is 0.462. The van der Waals surface area contributed by atoms with E-state index in [1.165, 1.54) is 17.0 Å². The Morgan fingerprint density at radius 3 is 2.63 bits per heavy atom. The Kier molecular flexibility index (Phi) is 7.89. The van der Waals surface area contributed by atoms with Crippen molar-refractivity contribution in [3.63, 3.8) is 0 Å². The average molecular weight is 485 g/mol. The molecule has 2 aliphatic heterocycles. The summed E-state index contributed by atoms with van der Waals surface area (Å²) in [6.07, 6.45) is 8.20. The zero-order valence-corrected chi connectivity index (χ0v) is 20.9. The van der Waals surface area contributed by atoms with Crippen molar-refractivity contribution in [3.05, 3.63) is 47.3 Å². The summed E-state index contributed by atoms with van der Waals surface area (Å²) >= 11 is 0. The second-order valence-corrected chi connectivity index (χ2v) is 10.4. The zero-order chi connectivity index (χ0) is 25.0. The van der Waals surface area contributed by atoms with Crippen molar-refractivity contribution in [3.8, 4) is 0 Å². The molecule has 2 saturated heterocycles. The molecule has 2 fully saturated rings. The Balaban J connectivity index is 1.53. The molecule has 0 radical (unpaired) electrons. The smallest absolute Gasteiger partial charge is 0.325 e. The summed E-state index contributed by atoms with van der Waals surface area (Å²) in [6, 6.07) is 5.87. The number of benzene rings is 1. The van der Waals surface area contributed by atoms with Gasteiger partial charge in [-0.15, -0.1) is 0 Å². The third kappa shape index (κ3) is 5.58. The minimum Gasteiger partial charge on any atom is -0.339 e. The van der Waals surface area contributed by atoms with Crippen LogP contribution in [0.2, 0.25) is 0 Å². The van der Waals surface area contributed by atoms with Gasteiger partial charge in [-0.3, -0.25) is 14.5 Å². The maximum absolute atomic E-state index is 14.0. The lowest BCUT2D eigenvalue weighted by atomic mass is 9.73. The van der Waals surface area contributed by atoms with Crippen molar-refractivity contribution >= 4 is 17.8 Å². The third-order valence-corrected chi connectivity index (χ3v) is 7.61. The first-order chi connectivity index (χ1) is 16.8. The monoisotopic (exact) mass is 484 g/mol. The molecule has 0 saturated carbocycles. The molecule has 0 bridgehead atoms. The molecule has 1 aromatic carbocycles. The molecule has 35 heavy (non-hydrogen) atoms. The minimum atomic E-state index is -1.12. The number of halogens is 1. The van der Waals surface area contributed by atoms with Crippen molar-refractivity contribution in [1.82, 2.24) is 20.0 Å². The van der Waals surface area contributed by atoms with Gasteiger partial charge in [-0.1, -0.05) is 18.2 Å². The van der Waals surface area contributed by atoms with E-state index in [1.807, 2.05) is 23.9 Å². The third-order valence-electron chi connectivity index (χ3n) is 7.61. The lowest BCUT2D eigenvalue weighted by Crippen LogP contribution is -2.58. The maximum Gasteiger partial charge on any atom is 0.325 e. The number of hydrogen-bond donors (Lipinski definition) is 1. The normalized spacial score (nSPS) is 23.6. The molecule has 2 heterocycles. The van der Waals surface area contributed by atoms with Gasteiger partial charge in [0.15, 0.2) is 0 Å². The van der Waals surface area contributed by atoms with Crippen LogP contribution in [0.5, 0.6) is 0 Å². The Morgan fingerprint density at radius 2 is 1.97 bits per heavy atom. The Bertz CT molecular complexity index is 986. The Labute approximate surface area is 207 Å². The number of likely N-dealkylation sites (tertiary alicyclic amines) is 1. The van der Waals surface area contributed by atoms with E-state index < -0.39 is 5.54 Å². The second kappa shape index (κ2) is 10.9. The highest BCUT2D eigenvalue weighted by Crippen LogP contribution is 2.37. The number of hydrogen-bond acceptors (Lipinski definition) is 4. The standard InChI is InChI=1S/C27H37FN4O3/c1-30(2)14-7-15-32-25(34)27(29-26(32)35,19-20-8-6-11-23(28)18-20)22-12-16-31(17-13-22)24(33)21-9-4-3-5-10-21/h6,8-9,11,18,22H,3-5,7,10,12-17,19H2,1-2H3,(H,29,35). The SMILES string of the molecule is CN(C)CCCN1C(=O)NC(Cc2cccc(F)c2)(C2CCN(C(=O)C3=CCCCC3)CC2)C1=O. The van der Waals surface area contributed by atoms with E-state index in [2.05, 4.69) is 11.4 Å². The fraction of sp³-hybridized carbons (Fsp3) is 0.593. The number of carbonyl (C=O) groups is 3. The van der Waals surface area contributed by atoms with E-state index in [1.54, 1.807) is 12.1 Å². The van der Waals surface area contributed by atoms with Gasteiger partial charge in [-0.25, -0.2) is 9.18 Å². The molecule has 4 rings (SSSR count). The van der Waals surface area contributed by atoms with Gasteiger partial charge in [0.1, 0.15) is 11.4 Å². The van der Waals surface area contributed by atoms with Crippen LogP contribution in [0.4, 0.5) is 9.18 Å². The quantitative estimate of drug-likeness (QED) is 0.575. The summed E-state index contributed by atoms with van der Waals surface area (Å²) < 4.78 is 14.0. The largest absolute Gasteiger partial charge is 0.339 e. The van der Waals surface area contributed by atoms with E-state index in [4.69, 9.17) is 0 Å². The van der Waals surface area contributed by atoms with Crippen LogP contribution in [0, 0.1) is 11.7 Å². The summed E-state index contributed by atoms with van der Waals surface area (Å²) in [4.78, 5) is 45.0. The van der Waals surface area contributed by atoms with Gasteiger partial charge in [0.05, 0.1) is 0 Å². The highest BCUT2D eigenvalue weighted by atomic mass is 19.1. The van der Waals surface area contributed by atoms with Gasteiger partial charge in [0.25, 0.3) is 5.91 Å². The van der Waals surface area contributed by atoms with E-state index >= 15 is 0 Å². The number of imide groups is 1. The van der Waals surface area contributed by atoms with Crippen molar-refractivity contribution in [2.75, 3.05) is 40.3 Å². The number of urea groups is 1. The van der Waals surface area contributed by atoms with Crippen LogP contribution in [-0.2, 0) is 16.0 Å². The van der Waals surface area contributed by atoms with Crippen LogP contribution in [-0.4, -0.2) is 78.4 Å². The molecule has 0 aromatic heterocycles. The number of nitrogens with one attached hydrogen (secondary N) is 1. The molecule has 4 amide bonds. The maximum atomic E-state index is 14.0. The lowest BCUT2D eigenvalue weighted by Gasteiger charge is -2.41. The molecule has 1 unspecified atom stereocenters. The average Bonchev–Trinajstić information content (AvgIpc) is 3.09. The lowest BCUT2D eigenvalue weighted by molar-refractivity contribution is -0.135. The van der Waals surface area contributed by atoms with Crippen molar-refractivity contribution in [2.24, 2.45) is 5.92 Å². The van der Waals surface area contributed by atoms with Gasteiger partial charge in [-0.05, 0) is 89.2 Å². The van der Waals surface area contributed by atoms with Gasteiger partial charge in [0.2, 0.25) is 5.91 Å². The summed E-state index contributed by atoms with van der Waals surface area (Å²) in [6.45, 7) is 2.22. The van der Waals surface area contributed by atoms with Crippen LogP contribution < -0.4 is 5.32 Å². The fourth-order valence-electron chi connectivity index (χ4n) is 5.71. The van der Waals surface area contributed by atoms with Crippen molar-refractivity contribution in [2.45, 2.75) is 56.9 Å². The van der Waals surface area contributed by atoms with E-state index in [0.29, 0.717) is 44.5 Å². The zero-order valence-electron chi connectivity index (χ0n) is 20.9. The van der Waals surface area contributed by atoms with E-state index in [-0.39, 0.29) is 36.0 Å². The predicted octanol–water partition coefficient (Wildman–Crippen LogP) is 3.35. The number of piperidine rings is 1. The molecule has 1 atom stereocenters. The van der Waals surface area contributed by atoms with Crippen LogP contribution in [0.1, 0.15) is 50.5 Å². The molecular weight excluding hydrogens is 447 g/mol. The summed E-state index contributed by atoms with van der Waals surface area (Å²) in [5, 5.41) is 3.04. The predicted molar refractivity (Wildman–Crippen MR) is 132 cm³/mol. The Hall–Kier alpha value is -2.74. The topological polar surface area (TPSA) is 73.0 Å². The molecule has 1 N–H and O–H groups in total. The molecule has 3 aliphatic rings. The fourth-order valence-corrected chi connectivity index (χ4v) is 5.71. The number of allylic oxidation sites excluding steroid dienone is 1. The minimum absolute atomic E-state index is 0.106. The van der Waals surface area contributed by atoms with Crippen molar-refractivity contribution < 1.29 is 18.8 Å². The Morgan fingerprint density at radius 1 is 1.20 bits per heavy atom. The van der Waals surface area contributed by atoms with Crippen molar-refractivity contribution in [1.29, 1.82) is 0 Å². The number of carbonyl (C=O) groups excluding carboxylic acids is 3. The summed E-state index contributed by atoms with van der Waals surface area (Å²) in [7, 11) is 3.91. The van der Waals surface area contributed by atoms with Crippen LogP contribution >= 0.6 is 0 Å². The molecule has 190 valence electrons. The molecule has 7 nitrogen and oxygen atoms in total.